The van der Waals surface area contributed by atoms with Crippen LogP contribution in [0, 0.1) is 0 Å². The number of aromatic nitrogens is 1. The lowest BCUT2D eigenvalue weighted by Crippen LogP contribution is -2.41. The molecule has 0 aliphatic carbocycles. The molecule has 1 aromatic carbocycles. The molecule has 92 valence electrons. The number of hydrogen-bond donors (Lipinski definition) is 0. The SMILES string of the molecule is CN1C(=O)c2cccn2-c2ccccc2C1(C)C. The van der Waals surface area contributed by atoms with Gasteiger partial charge in [0.1, 0.15) is 5.69 Å². The minimum Gasteiger partial charge on any atom is -0.331 e. The van der Waals surface area contributed by atoms with Crippen molar-refractivity contribution in [2.24, 2.45) is 0 Å². The highest BCUT2D eigenvalue weighted by molar-refractivity contribution is 5.94. The molecule has 1 aliphatic heterocycles. The van der Waals surface area contributed by atoms with Crippen LogP contribution in [0.3, 0.4) is 0 Å². The van der Waals surface area contributed by atoms with Crippen molar-refractivity contribution < 1.29 is 4.79 Å². The molecule has 18 heavy (non-hydrogen) atoms. The molecule has 3 rings (SSSR count). The summed E-state index contributed by atoms with van der Waals surface area (Å²) >= 11 is 0. The first kappa shape index (κ1) is 11.1. The standard InChI is InChI=1S/C15H16N2O/c1-15(2)11-7-4-5-8-12(11)17-10-6-9-13(17)14(18)16(15)3/h4-10H,1-3H3. The Morgan fingerprint density at radius 2 is 1.78 bits per heavy atom. The molecule has 0 atom stereocenters. The van der Waals surface area contributed by atoms with Gasteiger partial charge in [0.05, 0.1) is 11.2 Å². The molecule has 3 heteroatoms. The molecular weight excluding hydrogens is 224 g/mol. The van der Waals surface area contributed by atoms with Crippen molar-refractivity contribution in [2.45, 2.75) is 19.4 Å². The first-order chi connectivity index (χ1) is 8.53. The van der Waals surface area contributed by atoms with E-state index in [0.29, 0.717) is 0 Å². The Kier molecular flexibility index (Phi) is 2.14. The number of hydrogen-bond acceptors (Lipinski definition) is 1. The Labute approximate surface area is 107 Å². The van der Waals surface area contributed by atoms with Gasteiger partial charge in [-0.3, -0.25) is 4.79 Å². The minimum absolute atomic E-state index is 0.0567. The van der Waals surface area contributed by atoms with Crippen LogP contribution in [-0.4, -0.2) is 22.4 Å². The van der Waals surface area contributed by atoms with Gasteiger partial charge in [0, 0.05) is 18.8 Å². The second-order valence-electron chi connectivity index (χ2n) is 5.20. The van der Waals surface area contributed by atoms with Crippen LogP contribution in [0.5, 0.6) is 0 Å². The summed E-state index contributed by atoms with van der Waals surface area (Å²) in [6, 6.07) is 12.0. The number of fused-ring (bicyclic) bond motifs is 3. The van der Waals surface area contributed by atoms with E-state index in [0.717, 1.165) is 16.9 Å². The zero-order valence-corrected chi connectivity index (χ0v) is 10.8. The largest absolute Gasteiger partial charge is 0.331 e. The van der Waals surface area contributed by atoms with Crippen molar-refractivity contribution in [3.63, 3.8) is 0 Å². The number of carbonyl (C=O) groups is 1. The lowest BCUT2D eigenvalue weighted by molar-refractivity contribution is 0.0625. The summed E-state index contributed by atoms with van der Waals surface area (Å²) in [6.07, 6.45) is 1.95. The third-order valence-corrected chi connectivity index (χ3v) is 3.93. The average molecular weight is 240 g/mol. The fourth-order valence-corrected chi connectivity index (χ4v) is 2.57. The summed E-state index contributed by atoms with van der Waals surface area (Å²) in [7, 11) is 1.86. The second-order valence-corrected chi connectivity index (χ2v) is 5.20. The van der Waals surface area contributed by atoms with Crippen molar-refractivity contribution >= 4 is 5.91 Å². The van der Waals surface area contributed by atoms with Crippen molar-refractivity contribution in [3.05, 3.63) is 53.9 Å². The third-order valence-electron chi connectivity index (χ3n) is 3.93. The third kappa shape index (κ3) is 1.27. The smallest absolute Gasteiger partial charge is 0.271 e. The van der Waals surface area contributed by atoms with Gasteiger partial charge in [0.2, 0.25) is 0 Å². The van der Waals surface area contributed by atoms with Crippen LogP contribution < -0.4 is 0 Å². The van der Waals surface area contributed by atoms with Crippen LogP contribution >= 0.6 is 0 Å². The van der Waals surface area contributed by atoms with Gasteiger partial charge in [-0.2, -0.15) is 0 Å². The van der Waals surface area contributed by atoms with Crippen LogP contribution in [0.1, 0.15) is 29.9 Å². The lowest BCUT2D eigenvalue weighted by Gasteiger charge is -2.34. The van der Waals surface area contributed by atoms with Crippen LogP contribution in [0.2, 0.25) is 0 Å². The molecule has 3 nitrogen and oxygen atoms in total. The Morgan fingerprint density at radius 3 is 2.56 bits per heavy atom. The maximum atomic E-state index is 12.5. The van der Waals surface area contributed by atoms with Gasteiger partial charge in [0.15, 0.2) is 0 Å². The van der Waals surface area contributed by atoms with Crippen LogP contribution in [0.15, 0.2) is 42.6 Å². The van der Waals surface area contributed by atoms with Gasteiger partial charge < -0.3 is 9.47 Å². The number of para-hydroxylation sites is 1. The summed E-state index contributed by atoms with van der Waals surface area (Å²) < 4.78 is 1.98. The number of rotatable bonds is 0. The highest BCUT2D eigenvalue weighted by Crippen LogP contribution is 2.35. The molecule has 1 aromatic heterocycles. The quantitative estimate of drug-likeness (QED) is 0.695. The van der Waals surface area contributed by atoms with E-state index < -0.39 is 0 Å². The summed E-state index contributed by atoms with van der Waals surface area (Å²) in [4.78, 5) is 14.3. The van der Waals surface area contributed by atoms with E-state index in [1.165, 1.54) is 0 Å². The lowest BCUT2D eigenvalue weighted by atomic mass is 9.91. The second kappa shape index (κ2) is 3.48. The Hall–Kier alpha value is -2.03. The maximum absolute atomic E-state index is 12.5. The molecule has 1 aliphatic rings. The van der Waals surface area contributed by atoms with E-state index >= 15 is 0 Å². The average Bonchev–Trinajstić information content (AvgIpc) is 2.83. The van der Waals surface area contributed by atoms with Crippen LogP contribution in [-0.2, 0) is 5.54 Å². The van der Waals surface area contributed by atoms with E-state index in [9.17, 15) is 4.79 Å². The number of carbonyl (C=O) groups excluding carboxylic acids is 1. The van der Waals surface area contributed by atoms with Crippen molar-refractivity contribution in [1.82, 2.24) is 9.47 Å². The van der Waals surface area contributed by atoms with Crippen molar-refractivity contribution in [2.75, 3.05) is 7.05 Å². The number of nitrogens with zero attached hydrogens (tertiary/aromatic N) is 2. The Morgan fingerprint density at radius 1 is 1.06 bits per heavy atom. The van der Waals surface area contributed by atoms with E-state index in [1.54, 1.807) is 0 Å². The monoisotopic (exact) mass is 240 g/mol. The molecule has 2 heterocycles. The van der Waals surface area contributed by atoms with Gasteiger partial charge in [-0.05, 0) is 32.0 Å². The molecule has 0 N–H and O–H groups in total. The Bertz CT molecular complexity index is 625. The van der Waals surface area contributed by atoms with E-state index in [1.807, 2.05) is 47.0 Å². The maximum Gasteiger partial charge on any atom is 0.271 e. The highest BCUT2D eigenvalue weighted by atomic mass is 16.2. The molecule has 0 spiro atoms. The summed E-state index contributed by atoms with van der Waals surface area (Å²) in [6.45, 7) is 4.16. The molecule has 0 bridgehead atoms. The molecule has 0 radical (unpaired) electrons. The van der Waals surface area contributed by atoms with Gasteiger partial charge in [-0.15, -0.1) is 0 Å². The van der Waals surface area contributed by atoms with Crippen molar-refractivity contribution in [1.29, 1.82) is 0 Å². The molecular formula is C15H16N2O. The molecule has 0 unspecified atom stereocenters. The molecule has 1 amide bonds. The highest BCUT2D eigenvalue weighted by Gasteiger charge is 2.36. The van der Waals surface area contributed by atoms with Gasteiger partial charge >= 0.3 is 0 Å². The predicted octanol–water partition coefficient (Wildman–Crippen LogP) is 2.80. The van der Waals surface area contributed by atoms with E-state index in [4.69, 9.17) is 0 Å². The predicted molar refractivity (Wildman–Crippen MR) is 70.9 cm³/mol. The fourth-order valence-electron chi connectivity index (χ4n) is 2.57. The summed E-state index contributed by atoms with van der Waals surface area (Å²) in [5.74, 6) is 0.0567. The fraction of sp³-hybridized carbons (Fsp3) is 0.267. The summed E-state index contributed by atoms with van der Waals surface area (Å²) in [5.41, 5.74) is 2.65. The first-order valence-corrected chi connectivity index (χ1v) is 6.09. The molecule has 0 fully saturated rings. The van der Waals surface area contributed by atoms with Gasteiger partial charge in [-0.25, -0.2) is 0 Å². The van der Waals surface area contributed by atoms with E-state index in [2.05, 4.69) is 26.0 Å². The van der Waals surface area contributed by atoms with E-state index in [-0.39, 0.29) is 11.4 Å². The minimum atomic E-state index is -0.313. The van der Waals surface area contributed by atoms with Crippen molar-refractivity contribution in [3.8, 4) is 5.69 Å². The molecule has 0 saturated heterocycles. The zero-order valence-electron chi connectivity index (χ0n) is 10.8. The number of benzene rings is 1. The van der Waals surface area contributed by atoms with Gasteiger partial charge in [-0.1, -0.05) is 18.2 Å². The zero-order chi connectivity index (χ0) is 12.9. The first-order valence-electron chi connectivity index (χ1n) is 6.09. The number of amides is 1. The topological polar surface area (TPSA) is 25.2 Å². The summed E-state index contributed by atoms with van der Waals surface area (Å²) in [5, 5.41) is 0. The normalized spacial score (nSPS) is 17.1. The van der Waals surface area contributed by atoms with Crippen LogP contribution in [0.25, 0.3) is 5.69 Å². The van der Waals surface area contributed by atoms with Crippen LogP contribution in [0.4, 0.5) is 0 Å². The van der Waals surface area contributed by atoms with Gasteiger partial charge in [0.25, 0.3) is 5.91 Å². The Balaban J connectivity index is 2.39. The molecule has 0 saturated carbocycles. The molecule has 2 aromatic rings.